The monoisotopic (exact) mass is 428 g/mol. The Kier molecular flexibility index (Phi) is 6.11. The van der Waals surface area contributed by atoms with Gasteiger partial charge in [0, 0.05) is 6.42 Å². The maximum Gasteiger partial charge on any atom is 0.150 e. The molecule has 0 saturated carbocycles. The highest BCUT2D eigenvalue weighted by atomic mass is 32.2. The molecule has 2 atom stereocenters. The average Bonchev–Trinajstić information content (AvgIpc) is 3.26. The lowest BCUT2D eigenvalue weighted by atomic mass is 10.1. The molecule has 0 radical (unpaired) electrons. The van der Waals surface area contributed by atoms with Crippen LogP contribution in [0.25, 0.3) is 11.0 Å². The van der Waals surface area contributed by atoms with Crippen molar-refractivity contribution in [3.8, 4) is 5.75 Å². The van der Waals surface area contributed by atoms with E-state index in [1.54, 1.807) is 0 Å². The third-order valence-electron chi connectivity index (χ3n) is 5.70. The molecule has 160 valence electrons. The van der Waals surface area contributed by atoms with E-state index in [1.807, 2.05) is 53.1 Å². The van der Waals surface area contributed by atoms with E-state index in [-0.39, 0.29) is 24.0 Å². The number of aromatic nitrogens is 2. The minimum Gasteiger partial charge on any atom is -0.491 e. The molecule has 30 heavy (non-hydrogen) atoms. The highest BCUT2D eigenvalue weighted by Crippen LogP contribution is 2.25. The van der Waals surface area contributed by atoms with Gasteiger partial charge in [-0.2, -0.15) is 0 Å². The maximum atomic E-state index is 11.8. The first-order valence-electron chi connectivity index (χ1n) is 10.5. The Morgan fingerprint density at radius 1 is 1.20 bits per heavy atom. The van der Waals surface area contributed by atoms with Crippen LogP contribution in [-0.2, 0) is 29.2 Å². The van der Waals surface area contributed by atoms with Crippen LogP contribution in [0, 0.1) is 5.92 Å². The molecule has 1 aliphatic rings. The number of hydrogen-bond acceptors (Lipinski definition) is 5. The third kappa shape index (κ3) is 4.84. The Labute approximate surface area is 177 Å². The van der Waals surface area contributed by atoms with Crippen molar-refractivity contribution in [1.29, 1.82) is 0 Å². The maximum absolute atomic E-state index is 11.8. The Balaban J connectivity index is 1.47. The van der Waals surface area contributed by atoms with Crippen molar-refractivity contribution in [2.75, 3.05) is 18.1 Å². The third-order valence-corrected chi connectivity index (χ3v) is 7.54. The van der Waals surface area contributed by atoms with Crippen LogP contribution < -0.4 is 4.74 Å². The van der Waals surface area contributed by atoms with Gasteiger partial charge in [-0.3, -0.25) is 0 Å². The molecular formula is C23H28N2O4S. The summed E-state index contributed by atoms with van der Waals surface area (Å²) >= 11 is 0. The standard InChI is InChI=1S/C23H28N2O4S/c1-2-17-7-9-20(10-8-17)29-15-19(26)14-25-22-6-4-3-5-21(22)24-23(25)13-18-11-12-30(27,28)16-18/h3-10,18-19,26H,2,11-16H2,1H3/t18-,19-/m0/s1. The van der Waals surface area contributed by atoms with Gasteiger partial charge in [-0.1, -0.05) is 31.2 Å². The van der Waals surface area contributed by atoms with Crippen LogP contribution >= 0.6 is 0 Å². The second-order valence-electron chi connectivity index (χ2n) is 8.06. The smallest absolute Gasteiger partial charge is 0.150 e. The zero-order valence-electron chi connectivity index (χ0n) is 17.2. The Morgan fingerprint density at radius 3 is 2.67 bits per heavy atom. The summed E-state index contributed by atoms with van der Waals surface area (Å²) < 4.78 is 31.5. The summed E-state index contributed by atoms with van der Waals surface area (Å²) in [5, 5.41) is 10.6. The second kappa shape index (κ2) is 8.78. The number of benzene rings is 2. The summed E-state index contributed by atoms with van der Waals surface area (Å²) in [6.45, 7) is 2.63. The number of imidazole rings is 1. The Morgan fingerprint density at radius 2 is 1.97 bits per heavy atom. The van der Waals surface area contributed by atoms with Gasteiger partial charge < -0.3 is 14.4 Å². The number of nitrogens with zero attached hydrogens (tertiary/aromatic N) is 2. The second-order valence-corrected chi connectivity index (χ2v) is 10.3. The molecule has 2 aromatic carbocycles. The van der Waals surface area contributed by atoms with Gasteiger partial charge in [0.1, 0.15) is 24.3 Å². The molecule has 0 amide bonds. The molecule has 0 unspecified atom stereocenters. The lowest BCUT2D eigenvalue weighted by Gasteiger charge is -2.17. The number of aryl methyl sites for hydroxylation is 1. The highest BCUT2D eigenvalue weighted by molar-refractivity contribution is 7.91. The quantitative estimate of drug-likeness (QED) is 0.596. The topological polar surface area (TPSA) is 81.4 Å². The van der Waals surface area contributed by atoms with E-state index < -0.39 is 15.9 Å². The van der Waals surface area contributed by atoms with Gasteiger partial charge in [0.2, 0.25) is 0 Å². The first-order chi connectivity index (χ1) is 14.4. The normalized spacial score (nSPS) is 19.2. The van der Waals surface area contributed by atoms with Crippen LogP contribution in [0.4, 0.5) is 0 Å². The van der Waals surface area contributed by atoms with Gasteiger partial charge in [-0.05, 0) is 48.6 Å². The van der Waals surface area contributed by atoms with Gasteiger partial charge in [0.05, 0.1) is 29.1 Å². The molecule has 1 aromatic heterocycles. The zero-order valence-corrected chi connectivity index (χ0v) is 18.0. The van der Waals surface area contributed by atoms with Crippen molar-refractivity contribution in [1.82, 2.24) is 9.55 Å². The molecule has 1 N–H and O–H groups in total. The number of hydrogen-bond donors (Lipinski definition) is 1. The molecule has 1 fully saturated rings. The Bertz CT molecular complexity index is 1110. The summed E-state index contributed by atoms with van der Waals surface area (Å²) in [7, 11) is -2.93. The van der Waals surface area contributed by atoms with Crippen LogP contribution in [0.2, 0.25) is 0 Å². The van der Waals surface area contributed by atoms with Crippen molar-refractivity contribution in [2.24, 2.45) is 5.92 Å². The minimum atomic E-state index is -2.93. The molecule has 0 spiro atoms. The fourth-order valence-electron chi connectivity index (χ4n) is 4.05. The number of para-hydroxylation sites is 2. The molecule has 0 aliphatic carbocycles. The van der Waals surface area contributed by atoms with Crippen molar-refractivity contribution in [2.45, 2.75) is 38.8 Å². The lowest BCUT2D eigenvalue weighted by molar-refractivity contribution is 0.0925. The van der Waals surface area contributed by atoms with E-state index in [0.29, 0.717) is 19.4 Å². The predicted molar refractivity (Wildman–Crippen MR) is 118 cm³/mol. The Hall–Kier alpha value is -2.38. The largest absolute Gasteiger partial charge is 0.491 e. The fraction of sp³-hybridized carbons (Fsp3) is 0.435. The number of fused-ring (bicyclic) bond motifs is 1. The number of rotatable bonds is 8. The fourth-order valence-corrected chi connectivity index (χ4v) is 5.92. The SMILES string of the molecule is CCc1ccc(OC[C@@H](O)Cn2c(C[C@@H]3CCS(=O)(=O)C3)nc3ccccc32)cc1. The summed E-state index contributed by atoms with van der Waals surface area (Å²) in [5.74, 6) is 2.11. The van der Waals surface area contributed by atoms with Crippen LogP contribution in [0.1, 0.15) is 24.7 Å². The number of sulfone groups is 1. The van der Waals surface area contributed by atoms with Crippen molar-refractivity contribution >= 4 is 20.9 Å². The minimum absolute atomic E-state index is 0.0797. The molecule has 0 bridgehead atoms. The first-order valence-corrected chi connectivity index (χ1v) is 12.3. The highest BCUT2D eigenvalue weighted by Gasteiger charge is 2.29. The van der Waals surface area contributed by atoms with Gasteiger partial charge >= 0.3 is 0 Å². The molecule has 1 aliphatic heterocycles. The summed E-state index contributed by atoms with van der Waals surface area (Å²) in [6.07, 6.45) is 1.53. The van der Waals surface area contributed by atoms with Crippen molar-refractivity contribution < 1.29 is 18.3 Å². The lowest BCUT2D eigenvalue weighted by Crippen LogP contribution is -2.25. The van der Waals surface area contributed by atoms with Gasteiger partial charge in [0.25, 0.3) is 0 Å². The van der Waals surface area contributed by atoms with Crippen molar-refractivity contribution in [3.05, 3.63) is 59.9 Å². The summed E-state index contributed by atoms with van der Waals surface area (Å²) in [4.78, 5) is 4.73. The van der Waals surface area contributed by atoms with E-state index in [0.717, 1.165) is 29.0 Å². The predicted octanol–water partition coefficient (Wildman–Crippen LogP) is 3.02. The molecular weight excluding hydrogens is 400 g/mol. The molecule has 4 rings (SSSR count). The van der Waals surface area contributed by atoms with Crippen LogP contribution in [0.3, 0.4) is 0 Å². The van der Waals surface area contributed by atoms with Crippen LogP contribution in [-0.4, -0.2) is 47.3 Å². The van der Waals surface area contributed by atoms with E-state index in [2.05, 4.69) is 6.92 Å². The molecule has 2 heterocycles. The van der Waals surface area contributed by atoms with Gasteiger partial charge in [0.15, 0.2) is 9.84 Å². The number of aliphatic hydroxyl groups excluding tert-OH is 1. The summed E-state index contributed by atoms with van der Waals surface area (Å²) in [5.41, 5.74) is 3.04. The number of aliphatic hydroxyl groups is 1. The van der Waals surface area contributed by atoms with E-state index in [1.165, 1.54) is 5.56 Å². The van der Waals surface area contributed by atoms with Crippen molar-refractivity contribution in [3.63, 3.8) is 0 Å². The van der Waals surface area contributed by atoms with Crippen LogP contribution in [0.15, 0.2) is 48.5 Å². The van der Waals surface area contributed by atoms with E-state index in [4.69, 9.17) is 9.72 Å². The van der Waals surface area contributed by atoms with E-state index in [9.17, 15) is 13.5 Å². The molecule has 1 saturated heterocycles. The average molecular weight is 429 g/mol. The van der Waals surface area contributed by atoms with Crippen LogP contribution in [0.5, 0.6) is 5.75 Å². The first kappa shape index (κ1) is 20.9. The van der Waals surface area contributed by atoms with Gasteiger partial charge in [-0.25, -0.2) is 13.4 Å². The molecule has 3 aromatic rings. The molecule has 6 nitrogen and oxygen atoms in total. The molecule has 7 heteroatoms. The number of ether oxygens (including phenoxy) is 1. The van der Waals surface area contributed by atoms with Gasteiger partial charge in [-0.15, -0.1) is 0 Å². The summed E-state index contributed by atoms with van der Waals surface area (Å²) in [6, 6.07) is 15.7. The zero-order chi connectivity index (χ0) is 21.1. The van der Waals surface area contributed by atoms with E-state index >= 15 is 0 Å².